The van der Waals surface area contributed by atoms with Crippen LogP contribution in [-0.2, 0) is 6.42 Å². The minimum atomic E-state index is -0.187. The lowest BCUT2D eigenvalue weighted by Crippen LogP contribution is -2.25. The van der Waals surface area contributed by atoms with Crippen molar-refractivity contribution < 1.29 is 9.59 Å². The predicted octanol–water partition coefficient (Wildman–Crippen LogP) is 4.53. The number of benzene rings is 3. The first-order chi connectivity index (χ1) is 13.5. The Morgan fingerprint density at radius 3 is 1.89 bits per heavy atom. The van der Waals surface area contributed by atoms with Gasteiger partial charge in [-0.2, -0.15) is 0 Å². The summed E-state index contributed by atoms with van der Waals surface area (Å²) in [5, 5.41) is 5.87. The molecule has 3 rings (SSSR count). The molecule has 0 aromatic heterocycles. The average molecular weight is 372 g/mol. The van der Waals surface area contributed by atoms with Crippen LogP contribution in [0, 0.1) is 13.8 Å². The fourth-order valence-corrected chi connectivity index (χ4v) is 3.04. The Morgan fingerprint density at radius 2 is 1.29 bits per heavy atom. The monoisotopic (exact) mass is 372 g/mol. The molecule has 0 saturated heterocycles. The van der Waals surface area contributed by atoms with Crippen molar-refractivity contribution in [3.05, 3.63) is 101 Å². The molecule has 3 aromatic carbocycles. The van der Waals surface area contributed by atoms with Crippen molar-refractivity contribution in [1.82, 2.24) is 5.32 Å². The fraction of sp³-hybridized carbons (Fsp3) is 0.167. The van der Waals surface area contributed by atoms with Gasteiger partial charge in [-0.05, 0) is 61.2 Å². The molecule has 0 fully saturated rings. The highest BCUT2D eigenvalue weighted by Gasteiger charge is 2.11. The summed E-state index contributed by atoms with van der Waals surface area (Å²) in [6.45, 7) is 4.49. The molecule has 0 saturated carbocycles. The number of rotatable bonds is 6. The molecular formula is C24H24N2O2. The van der Waals surface area contributed by atoms with Gasteiger partial charge in [0.05, 0.1) is 0 Å². The van der Waals surface area contributed by atoms with Gasteiger partial charge >= 0.3 is 0 Å². The molecule has 4 heteroatoms. The quantitative estimate of drug-likeness (QED) is 0.668. The third kappa shape index (κ3) is 4.86. The number of carbonyl (C=O) groups is 2. The topological polar surface area (TPSA) is 58.2 Å². The Kier molecular flexibility index (Phi) is 6.22. The smallest absolute Gasteiger partial charge is 0.255 e. The van der Waals surface area contributed by atoms with Gasteiger partial charge in [0.2, 0.25) is 0 Å². The van der Waals surface area contributed by atoms with E-state index in [1.165, 1.54) is 5.56 Å². The number of carbonyl (C=O) groups excluding carboxylic acids is 2. The lowest BCUT2D eigenvalue weighted by Gasteiger charge is -2.12. The normalized spacial score (nSPS) is 10.4. The van der Waals surface area contributed by atoms with E-state index in [-0.39, 0.29) is 11.8 Å². The second-order valence-electron chi connectivity index (χ2n) is 6.79. The second-order valence-corrected chi connectivity index (χ2v) is 6.79. The molecular weight excluding hydrogens is 348 g/mol. The molecule has 0 radical (unpaired) electrons. The number of hydrogen-bond donors (Lipinski definition) is 2. The van der Waals surface area contributed by atoms with Crippen LogP contribution in [0.25, 0.3) is 0 Å². The summed E-state index contributed by atoms with van der Waals surface area (Å²) in [6.07, 6.45) is 0.781. The maximum absolute atomic E-state index is 12.5. The summed E-state index contributed by atoms with van der Waals surface area (Å²) in [6, 6.07) is 22.6. The van der Waals surface area contributed by atoms with E-state index in [9.17, 15) is 9.59 Å². The van der Waals surface area contributed by atoms with Crippen LogP contribution in [0.1, 0.15) is 37.4 Å². The highest BCUT2D eigenvalue weighted by Crippen LogP contribution is 2.20. The van der Waals surface area contributed by atoms with Gasteiger partial charge in [-0.3, -0.25) is 9.59 Å². The van der Waals surface area contributed by atoms with Crippen LogP contribution in [0.15, 0.2) is 72.8 Å². The molecule has 0 aliphatic rings. The van der Waals surface area contributed by atoms with Crippen LogP contribution in [-0.4, -0.2) is 18.4 Å². The zero-order valence-electron chi connectivity index (χ0n) is 16.2. The number of anilines is 1. The van der Waals surface area contributed by atoms with Crippen LogP contribution in [0.5, 0.6) is 0 Å². The fourth-order valence-electron chi connectivity index (χ4n) is 3.04. The van der Waals surface area contributed by atoms with E-state index in [4.69, 9.17) is 0 Å². The van der Waals surface area contributed by atoms with E-state index < -0.39 is 0 Å². The van der Waals surface area contributed by atoms with Crippen LogP contribution in [0.2, 0.25) is 0 Å². The van der Waals surface area contributed by atoms with Gasteiger partial charge in [0, 0.05) is 23.4 Å². The van der Waals surface area contributed by atoms with Crippen LogP contribution in [0.3, 0.4) is 0 Å². The lowest BCUT2D eigenvalue weighted by atomic mass is 10.1. The van der Waals surface area contributed by atoms with Crippen molar-refractivity contribution in [2.24, 2.45) is 0 Å². The van der Waals surface area contributed by atoms with E-state index in [1.807, 2.05) is 62.4 Å². The first-order valence-corrected chi connectivity index (χ1v) is 9.34. The number of nitrogens with one attached hydrogen (secondary N) is 2. The van der Waals surface area contributed by atoms with Crippen molar-refractivity contribution in [2.45, 2.75) is 20.3 Å². The van der Waals surface area contributed by atoms with Crippen LogP contribution in [0.4, 0.5) is 5.69 Å². The van der Waals surface area contributed by atoms with Crippen molar-refractivity contribution in [3.8, 4) is 0 Å². The van der Waals surface area contributed by atoms with Crippen LogP contribution >= 0.6 is 0 Å². The van der Waals surface area contributed by atoms with Crippen molar-refractivity contribution >= 4 is 17.5 Å². The van der Waals surface area contributed by atoms with E-state index in [2.05, 4.69) is 10.6 Å². The number of para-hydroxylation sites is 1. The molecule has 4 nitrogen and oxygen atoms in total. The van der Waals surface area contributed by atoms with Crippen molar-refractivity contribution in [2.75, 3.05) is 11.9 Å². The molecule has 0 bridgehead atoms. The molecule has 28 heavy (non-hydrogen) atoms. The molecule has 0 spiro atoms. The largest absolute Gasteiger partial charge is 0.352 e. The lowest BCUT2D eigenvalue weighted by molar-refractivity contribution is 0.0952. The van der Waals surface area contributed by atoms with Gasteiger partial charge in [0.25, 0.3) is 11.8 Å². The Labute approximate surface area is 165 Å². The summed E-state index contributed by atoms with van der Waals surface area (Å²) < 4.78 is 0. The Morgan fingerprint density at radius 1 is 0.714 bits per heavy atom. The zero-order valence-corrected chi connectivity index (χ0v) is 16.2. The Hall–Kier alpha value is -3.40. The first-order valence-electron chi connectivity index (χ1n) is 9.34. The summed E-state index contributed by atoms with van der Waals surface area (Å²) in [4.78, 5) is 24.8. The highest BCUT2D eigenvalue weighted by atomic mass is 16.2. The average Bonchev–Trinajstić information content (AvgIpc) is 2.71. The van der Waals surface area contributed by atoms with Gasteiger partial charge in [0.15, 0.2) is 0 Å². The molecule has 0 aliphatic carbocycles. The van der Waals surface area contributed by atoms with Gasteiger partial charge in [-0.1, -0.05) is 48.5 Å². The first kappa shape index (κ1) is 19.4. The minimum Gasteiger partial charge on any atom is -0.352 e. The van der Waals surface area contributed by atoms with Crippen molar-refractivity contribution in [1.29, 1.82) is 0 Å². The summed E-state index contributed by atoms with van der Waals surface area (Å²) in [7, 11) is 0. The van der Waals surface area contributed by atoms with E-state index >= 15 is 0 Å². The predicted molar refractivity (Wildman–Crippen MR) is 113 cm³/mol. The van der Waals surface area contributed by atoms with Gasteiger partial charge in [-0.15, -0.1) is 0 Å². The maximum atomic E-state index is 12.5. The molecule has 142 valence electrons. The molecule has 0 heterocycles. The molecule has 2 amide bonds. The highest BCUT2D eigenvalue weighted by molar-refractivity contribution is 6.05. The number of aryl methyl sites for hydroxylation is 2. The molecule has 0 unspecified atom stereocenters. The number of amides is 2. The molecule has 3 aromatic rings. The molecule has 0 aliphatic heterocycles. The van der Waals surface area contributed by atoms with Crippen LogP contribution < -0.4 is 10.6 Å². The van der Waals surface area contributed by atoms with E-state index in [0.29, 0.717) is 17.7 Å². The third-order valence-corrected chi connectivity index (χ3v) is 4.67. The minimum absolute atomic E-state index is 0.141. The van der Waals surface area contributed by atoms with E-state index in [0.717, 1.165) is 23.2 Å². The SMILES string of the molecule is Cc1cccc(C)c1NC(=O)c1ccc(C(=O)NCCc2ccccc2)cc1. The number of hydrogen-bond acceptors (Lipinski definition) is 2. The molecule has 2 N–H and O–H groups in total. The zero-order chi connectivity index (χ0) is 19.9. The third-order valence-electron chi connectivity index (χ3n) is 4.67. The maximum Gasteiger partial charge on any atom is 0.255 e. The second kappa shape index (κ2) is 9.00. The van der Waals surface area contributed by atoms with Crippen molar-refractivity contribution in [3.63, 3.8) is 0 Å². The molecule has 0 atom stereocenters. The summed E-state index contributed by atoms with van der Waals surface area (Å²) >= 11 is 0. The van der Waals surface area contributed by atoms with Gasteiger partial charge in [-0.25, -0.2) is 0 Å². The standard InChI is InChI=1S/C24H24N2O2/c1-17-7-6-8-18(2)22(17)26-24(28)21-13-11-20(12-14-21)23(27)25-16-15-19-9-4-3-5-10-19/h3-14H,15-16H2,1-2H3,(H,25,27)(H,26,28). The van der Waals surface area contributed by atoms with Gasteiger partial charge < -0.3 is 10.6 Å². The summed E-state index contributed by atoms with van der Waals surface area (Å²) in [5.41, 5.74) is 5.10. The van der Waals surface area contributed by atoms with E-state index in [1.54, 1.807) is 24.3 Å². The Bertz CT molecular complexity index is 943. The summed E-state index contributed by atoms with van der Waals surface area (Å²) in [5.74, 6) is -0.328. The van der Waals surface area contributed by atoms with Gasteiger partial charge in [0.1, 0.15) is 0 Å². The Balaban J connectivity index is 1.58.